The van der Waals surface area contributed by atoms with Gasteiger partial charge in [-0.15, -0.1) is 0 Å². The van der Waals surface area contributed by atoms with Crippen LogP contribution in [0.2, 0.25) is 0 Å². The summed E-state index contributed by atoms with van der Waals surface area (Å²) in [5.74, 6) is 0. The summed E-state index contributed by atoms with van der Waals surface area (Å²) >= 11 is 0. The third-order valence-electron chi connectivity index (χ3n) is 3.76. The molecular weight excluding hydrogens is 276 g/mol. The Hall–Kier alpha value is -2.02. The summed E-state index contributed by atoms with van der Waals surface area (Å²) in [6, 6.07) is 5.54. The predicted octanol–water partition coefficient (Wildman–Crippen LogP) is 4.78. The van der Waals surface area contributed by atoms with Gasteiger partial charge in [0.1, 0.15) is 0 Å². The maximum absolute atomic E-state index is 10.6. The summed E-state index contributed by atoms with van der Waals surface area (Å²) in [5, 5.41) is 0. The van der Waals surface area contributed by atoms with E-state index < -0.39 is 0 Å². The molecule has 0 radical (unpaired) electrons. The van der Waals surface area contributed by atoms with E-state index in [1.807, 2.05) is 12.1 Å². The van der Waals surface area contributed by atoms with E-state index in [1.54, 1.807) is 18.2 Å². The molecule has 118 valence electrons. The zero-order chi connectivity index (χ0) is 16.0. The molecule has 1 aromatic carbocycles. The maximum Gasteiger partial charge on any atom is 0.240 e. The molecule has 0 aliphatic heterocycles. The van der Waals surface area contributed by atoms with Crippen molar-refractivity contribution in [1.82, 2.24) is 0 Å². The van der Waals surface area contributed by atoms with E-state index >= 15 is 0 Å². The predicted molar refractivity (Wildman–Crippen MR) is 87.7 cm³/mol. The minimum absolute atomic E-state index is 0.289. The van der Waals surface area contributed by atoms with Crippen LogP contribution in [0.5, 0.6) is 0 Å². The van der Waals surface area contributed by atoms with Crippen LogP contribution in [0.15, 0.2) is 28.2 Å². The van der Waals surface area contributed by atoms with Gasteiger partial charge in [0.05, 0.1) is 12.2 Å². The first-order chi connectivity index (χ1) is 10.8. The zero-order valence-corrected chi connectivity index (χ0v) is 13.3. The van der Waals surface area contributed by atoms with E-state index in [9.17, 15) is 9.59 Å². The minimum atomic E-state index is 0.289. The number of hydrogen-bond donors (Lipinski definition) is 0. The van der Waals surface area contributed by atoms with Crippen molar-refractivity contribution in [3.05, 3.63) is 29.3 Å². The molecule has 0 bridgehead atoms. The molecule has 0 aromatic heterocycles. The number of carbonyl (C=O) groups excluding carboxylic acids is 2. The van der Waals surface area contributed by atoms with Crippen molar-refractivity contribution in [2.75, 3.05) is 0 Å². The summed E-state index contributed by atoms with van der Waals surface area (Å²) in [7, 11) is 0. The molecule has 0 amide bonds. The van der Waals surface area contributed by atoms with E-state index in [0.29, 0.717) is 5.69 Å². The quantitative estimate of drug-likeness (QED) is 0.335. The summed E-state index contributed by atoms with van der Waals surface area (Å²) in [5.41, 5.74) is 2.57. The van der Waals surface area contributed by atoms with E-state index in [0.717, 1.165) is 24.0 Å². The summed E-state index contributed by atoms with van der Waals surface area (Å²) in [4.78, 5) is 28.3. The van der Waals surface area contributed by atoms with Crippen LogP contribution in [0.25, 0.3) is 0 Å². The fourth-order valence-electron chi connectivity index (χ4n) is 2.59. The molecule has 0 aliphatic rings. The molecular formula is C18H24N2O2. The summed E-state index contributed by atoms with van der Waals surface area (Å²) in [6.45, 7) is 2.51. The second-order valence-electron chi connectivity index (χ2n) is 5.40. The lowest BCUT2D eigenvalue weighted by Gasteiger charge is -2.10. The van der Waals surface area contributed by atoms with Gasteiger partial charge in [-0.2, -0.15) is 4.99 Å². The molecule has 4 nitrogen and oxygen atoms in total. The number of rotatable bonds is 11. The van der Waals surface area contributed by atoms with Crippen LogP contribution in [0.4, 0.5) is 5.69 Å². The molecule has 0 spiro atoms. The largest absolute Gasteiger partial charge is 0.240 e. The zero-order valence-electron chi connectivity index (χ0n) is 13.3. The summed E-state index contributed by atoms with van der Waals surface area (Å²) in [6.07, 6.45) is 12.6. The summed E-state index contributed by atoms with van der Waals surface area (Å²) < 4.78 is 0. The second-order valence-corrected chi connectivity index (χ2v) is 5.40. The second kappa shape index (κ2) is 11.6. The first-order valence-electron chi connectivity index (χ1n) is 8.05. The van der Waals surface area contributed by atoms with Crippen molar-refractivity contribution in [2.24, 2.45) is 9.98 Å². The van der Waals surface area contributed by atoms with Gasteiger partial charge in [-0.1, -0.05) is 57.6 Å². The maximum atomic E-state index is 10.6. The van der Waals surface area contributed by atoms with Crippen LogP contribution < -0.4 is 0 Å². The lowest BCUT2D eigenvalue weighted by Crippen LogP contribution is -1.95. The highest BCUT2D eigenvalue weighted by Gasteiger charge is 2.07. The molecule has 4 heteroatoms. The van der Waals surface area contributed by atoms with Crippen molar-refractivity contribution in [3.8, 4) is 0 Å². The van der Waals surface area contributed by atoms with Gasteiger partial charge in [-0.25, -0.2) is 14.6 Å². The van der Waals surface area contributed by atoms with Crippen molar-refractivity contribution >= 4 is 17.8 Å². The van der Waals surface area contributed by atoms with Gasteiger partial charge in [-0.05, 0) is 30.0 Å². The monoisotopic (exact) mass is 300 g/mol. The Morgan fingerprint density at radius 2 is 1.68 bits per heavy atom. The van der Waals surface area contributed by atoms with Crippen molar-refractivity contribution < 1.29 is 9.59 Å². The van der Waals surface area contributed by atoms with E-state index in [1.165, 1.54) is 38.5 Å². The Morgan fingerprint density at radius 3 is 2.36 bits per heavy atom. The molecule has 0 unspecified atom stereocenters. The first kappa shape index (κ1) is 18.0. The van der Waals surface area contributed by atoms with Crippen LogP contribution >= 0.6 is 0 Å². The fraction of sp³-hybridized carbons (Fsp3) is 0.556. The molecule has 0 atom stereocenters. The Labute approximate surface area is 132 Å². The lowest BCUT2D eigenvalue weighted by molar-refractivity contribution is 0.562. The molecule has 0 saturated heterocycles. The standard InChI is InChI=1S/C18H24N2O2/c1-2-3-4-5-6-7-8-11-17-16(13-19-14-21)10-9-12-18(17)20-15-22/h9-10,12H,2-8,11,13H2,1H3. The Morgan fingerprint density at radius 1 is 0.955 bits per heavy atom. The third kappa shape index (κ3) is 6.62. The van der Waals surface area contributed by atoms with Crippen LogP contribution in [-0.2, 0) is 22.6 Å². The topological polar surface area (TPSA) is 58.9 Å². The molecule has 1 rings (SSSR count). The lowest BCUT2D eigenvalue weighted by atomic mass is 9.98. The third-order valence-corrected chi connectivity index (χ3v) is 3.76. The van der Waals surface area contributed by atoms with Gasteiger partial charge in [0.15, 0.2) is 0 Å². The SMILES string of the molecule is CCCCCCCCCc1c(CN=C=O)cccc1N=C=O. The normalized spacial score (nSPS) is 9.86. The van der Waals surface area contributed by atoms with Crippen LogP contribution in [-0.4, -0.2) is 12.2 Å². The van der Waals surface area contributed by atoms with Gasteiger partial charge in [-0.3, -0.25) is 0 Å². The number of benzene rings is 1. The number of hydrogen-bond acceptors (Lipinski definition) is 4. The molecule has 0 fully saturated rings. The Balaban J connectivity index is 2.61. The highest BCUT2D eigenvalue weighted by Crippen LogP contribution is 2.25. The Bertz CT molecular complexity index is 542. The Kier molecular flexibility index (Phi) is 9.52. The smallest absolute Gasteiger partial charge is 0.211 e. The van der Waals surface area contributed by atoms with Crippen molar-refractivity contribution in [3.63, 3.8) is 0 Å². The van der Waals surface area contributed by atoms with Crippen LogP contribution in [0, 0.1) is 0 Å². The molecule has 22 heavy (non-hydrogen) atoms. The molecule has 1 aromatic rings. The molecule has 0 heterocycles. The average molecular weight is 300 g/mol. The average Bonchev–Trinajstić information content (AvgIpc) is 2.53. The number of nitrogens with zero attached hydrogens (tertiary/aromatic N) is 2. The van der Waals surface area contributed by atoms with Crippen LogP contribution in [0.3, 0.4) is 0 Å². The molecule has 0 aliphatic carbocycles. The number of unbranched alkanes of at least 4 members (excludes halogenated alkanes) is 6. The van der Waals surface area contributed by atoms with Gasteiger partial charge in [0.2, 0.25) is 12.2 Å². The number of aliphatic imine (C=N–C) groups is 2. The van der Waals surface area contributed by atoms with Crippen LogP contribution in [0.1, 0.15) is 63.0 Å². The fourth-order valence-corrected chi connectivity index (χ4v) is 2.59. The molecule has 0 saturated carbocycles. The van der Waals surface area contributed by atoms with E-state index in [2.05, 4.69) is 16.9 Å². The van der Waals surface area contributed by atoms with Gasteiger partial charge in [0.25, 0.3) is 0 Å². The molecule has 0 N–H and O–H groups in total. The van der Waals surface area contributed by atoms with Crippen molar-refractivity contribution in [2.45, 2.75) is 64.8 Å². The van der Waals surface area contributed by atoms with Crippen molar-refractivity contribution in [1.29, 1.82) is 0 Å². The highest BCUT2D eigenvalue weighted by molar-refractivity contribution is 5.56. The van der Waals surface area contributed by atoms with Gasteiger partial charge >= 0.3 is 0 Å². The highest BCUT2D eigenvalue weighted by atomic mass is 16.1. The van der Waals surface area contributed by atoms with E-state index in [4.69, 9.17) is 0 Å². The van der Waals surface area contributed by atoms with E-state index in [-0.39, 0.29) is 6.54 Å². The first-order valence-corrected chi connectivity index (χ1v) is 8.05. The van der Waals surface area contributed by atoms with Gasteiger partial charge in [0, 0.05) is 0 Å². The minimum Gasteiger partial charge on any atom is -0.211 e. The number of isocyanates is 2. The van der Waals surface area contributed by atoms with Gasteiger partial charge < -0.3 is 0 Å².